The van der Waals surface area contributed by atoms with Crippen LogP contribution in [0.1, 0.15) is 12.5 Å². The lowest BCUT2D eigenvalue weighted by molar-refractivity contribution is -0.139. The number of aromatic hydroxyl groups is 1. The molecule has 1 unspecified atom stereocenters. The van der Waals surface area contributed by atoms with Crippen LogP contribution in [0.4, 0.5) is 0 Å². The molecule has 0 aromatic heterocycles. The van der Waals surface area contributed by atoms with Gasteiger partial charge in [-0.2, -0.15) is 4.31 Å². The predicted octanol–water partition coefficient (Wildman–Crippen LogP) is 2.65. The average Bonchev–Trinajstić information content (AvgIpc) is 2.69. The zero-order valence-electron chi connectivity index (χ0n) is 16.2. The van der Waals surface area contributed by atoms with Gasteiger partial charge in [0.1, 0.15) is 16.4 Å². The minimum atomic E-state index is -3.84. The molecule has 2 aromatic rings. The van der Waals surface area contributed by atoms with Crippen molar-refractivity contribution in [2.75, 3.05) is 26.2 Å². The number of hydrogen-bond donors (Lipinski definition) is 1. The third-order valence-electron chi connectivity index (χ3n) is 4.74. The Morgan fingerprint density at radius 1 is 1.14 bits per heavy atom. The second-order valence-electron chi connectivity index (χ2n) is 6.92. The van der Waals surface area contributed by atoms with Crippen LogP contribution in [0.5, 0.6) is 11.5 Å². The number of piperazine rings is 1. The number of benzene rings is 2. The first-order chi connectivity index (χ1) is 13.7. The second-order valence-corrected chi connectivity index (χ2v) is 9.26. The number of amides is 1. The fourth-order valence-electron chi connectivity index (χ4n) is 3.17. The summed E-state index contributed by atoms with van der Waals surface area (Å²) in [5.41, 5.74) is 0.738. The van der Waals surface area contributed by atoms with E-state index < -0.39 is 16.1 Å². The second kappa shape index (κ2) is 8.61. The number of carbonyl (C=O) groups is 1. The SMILES string of the molecule is Cc1ccc(O)c(S(=O)(=O)N2CCN(C(=O)C(C)Oc3cccc(Cl)c3)CC2)c1. The van der Waals surface area contributed by atoms with Crippen LogP contribution in [0.2, 0.25) is 5.02 Å². The molecule has 2 aromatic carbocycles. The molecule has 1 N–H and O–H groups in total. The van der Waals surface area contributed by atoms with E-state index in [-0.39, 0.29) is 42.7 Å². The molecule has 7 nitrogen and oxygen atoms in total. The molecule has 1 atom stereocenters. The highest BCUT2D eigenvalue weighted by Crippen LogP contribution is 2.27. The molecule has 1 aliphatic heterocycles. The summed E-state index contributed by atoms with van der Waals surface area (Å²) in [5.74, 6) is -0.00689. The number of hydrogen-bond acceptors (Lipinski definition) is 5. The van der Waals surface area contributed by atoms with Gasteiger partial charge < -0.3 is 14.7 Å². The highest BCUT2D eigenvalue weighted by atomic mass is 35.5. The van der Waals surface area contributed by atoms with Gasteiger partial charge in [-0.15, -0.1) is 0 Å². The number of aryl methyl sites for hydroxylation is 1. The number of phenolic OH excluding ortho intramolecular Hbond substituents is 1. The van der Waals surface area contributed by atoms with E-state index in [0.717, 1.165) is 5.56 Å². The maximum atomic E-state index is 12.9. The van der Waals surface area contributed by atoms with E-state index in [2.05, 4.69) is 0 Å². The Balaban J connectivity index is 1.63. The van der Waals surface area contributed by atoms with Crippen molar-refractivity contribution in [3.05, 3.63) is 53.1 Å². The molecule has 0 radical (unpaired) electrons. The third kappa shape index (κ3) is 4.83. The smallest absolute Gasteiger partial charge is 0.263 e. The Morgan fingerprint density at radius 3 is 2.48 bits per heavy atom. The topological polar surface area (TPSA) is 87.2 Å². The molecule has 29 heavy (non-hydrogen) atoms. The van der Waals surface area contributed by atoms with Gasteiger partial charge in [0, 0.05) is 31.2 Å². The molecule has 1 aliphatic rings. The van der Waals surface area contributed by atoms with Crippen LogP contribution in [-0.2, 0) is 14.8 Å². The van der Waals surface area contributed by atoms with Gasteiger partial charge >= 0.3 is 0 Å². The lowest BCUT2D eigenvalue weighted by atomic mass is 10.2. The van der Waals surface area contributed by atoms with Crippen LogP contribution >= 0.6 is 11.6 Å². The summed E-state index contributed by atoms with van der Waals surface area (Å²) >= 11 is 5.93. The summed E-state index contributed by atoms with van der Waals surface area (Å²) in [4.78, 5) is 14.1. The fraction of sp³-hybridized carbons (Fsp3) is 0.350. The lowest BCUT2D eigenvalue weighted by Gasteiger charge is -2.35. The molecule has 9 heteroatoms. The largest absolute Gasteiger partial charge is 0.507 e. The van der Waals surface area contributed by atoms with Crippen LogP contribution in [0, 0.1) is 6.92 Å². The zero-order valence-corrected chi connectivity index (χ0v) is 17.8. The first kappa shape index (κ1) is 21.4. The summed E-state index contributed by atoms with van der Waals surface area (Å²) in [5, 5.41) is 10.5. The van der Waals surface area contributed by atoms with E-state index in [0.29, 0.717) is 10.8 Å². The van der Waals surface area contributed by atoms with Crippen molar-refractivity contribution in [3.63, 3.8) is 0 Å². The van der Waals surface area contributed by atoms with E-state index in [9.17, 15) is 18.3 Å². The van der Waals surface area contributed by atoms with Crippen molar-refractivity contribution in [1.82, 2.24) is 9.21 Å². The maximum absolute atomic E-state index is 12.9. The fourth-order valence-corrected chi connectivity index (χ4v) is 4.94. The van der Waals surface area contributed by atoms with Crippen molar-refractivity contribution in [1.29, 1.82) is 0 Å². The van der Waals surface area contributed by atoms with Crippen molar-refractivity contribution < 1.29 is 23.1 Å². The van der Waals surface area contributed by atoms with E-state index in [1.165, 1.54) is 16.4 Å². The normalized spacial score (nSPS) is 16.4. The van der Waals surface area contributed by atoms with E-state index in [4.69, 9.17) is 16.3 Å². The number of halogens is 1. The Bertz CT molecular complexity index is 1000. The van der Waals surface area contributed by atoms with Crippen LogP contribution in [0.3, 0.4) is 0 Å². The highest BCUT2D eigenvalue weighted by Gasteiger charge is 2.33. The zero-order chi connectivity index (χ0) is 21.2. The van der Waals surface area contributed by atoms with Crippen LogP contribution < -0.4 is 4.74 Å². The van der Waals surface area contributed by atoms with Gasteiger partial charge in [-0.3, -0.25) is 4.79 Å². The van der Waals surface area contributed by atoms with E-state index in [1.54, 1.807) is 49.1 Å². The summed E-state index contributed by atoms with van der Waals surface area (Å²) in [6.07, 6.45) is -0.725. The van der Waals surface area contributed by atoms with Gasteiger partial charge in [-0.1, -0.05) is 23.7 Å². The Hall–Kier alpha value is -2.29. The van der Waals surface area contributed by atoms with Crippen molar-refractivity contribution in [2.45, 2.75) is 24.8 Å². The highest BCUT2D eigenvalue weighted by molar-refractivity contribution is 7.89. The quantitative estimate of drug-likeness (QED) is 0.775. The van der Waals surface area contributed by atoms with Crippen molar-refractivity contribution in [3.8, 4) is 11.5 Å². The number of rotatable bonds is 5. The maximum Gasteiger partial charge on any atom is 0.263 e. The molecule has 1 amide bonds. The number of ether oxygens (including phenoxy) is 1. The molecule has 0 aliphatic carbocycles. The number of sulfonamides is 1. The summed E-state index contributed by atoms with van der Waals surface area (Å²) < 4.78 is 32.7. The molecule has 1 fully saturated rings. The van der Waals surface area contributed by atoms with E-state index >= 15 is 0 Å². The van der Waals surface area contributed by atoms with Crippen LogP contribution in [0.15, 0.2) is 47.4 Å². The third-order valence-corrected chi connectivity index (χ3v) is 6.90. The van der Waals surface area contributed by atoms with Crippen molar-refractivity contribution >= 4 is 27.5 Å². The predicted molar refractivity (Wildman–Crippen MR) is 110 cm³/mol. The molecule has 0 spiro atoms. The molecule has 1 saturated heterocycles. The van der Waals surface area contributed by atoms with Crippen LogP contribution in [0.25, 0.3) is 0 Å². The number of phenols is 1. The summed E-state index contributed by atoms with van der Waals surface area (Å²) in [6.45, 7) is 4.19. The Morgan fingerprint density at radius 2 is 1.83 bits per heavy atom. The molecule has 0 bridgehead atoms. The van der Waals surface area contributed by atoms with Gasteiger partial charge in [0.2, 0.25) is 10.0 Å². The lowest BCUT2D eigenvalue weighted by Crippen LogP contribution is -2.53. The van der Waals surface area contributed by atoms with Gasteiger partial charge in [-0.05, 0) is 49.7 Å². The molecule has 156 valence electrons. The number of nitrogens with zero attached hydrogens (tertiary/aromatic N) is 2. The molecule has 0 saturated carbocycles. The minimum absolute atomic E-state index is 0.116. The minimum Gasteiger partial charge on any atom is -0.507 e. The molecular weight excluding hydrogens is 416 g/mol. The molecular formula is C20H23ClN2O5S. The summed E-state index contributed by atoms with van der Waals surface area (Å²) in [6, 6.07) is 11.3. The Kier molecular flexibility index (Phi) is 6.36. The van der Waals surface area contributed by atoms with Gasteiger partial charge in [0.05, 0.1) is 0 Å². The molecule has 3 rings (SSSR count). The van der Waals surface area contributed by atoms with Gasteiger partial charge in [0.25, 0.3) is 5.91 Å². The monoisotopic (exact) mass is 438 g/mol. The van der Waals surface area contributed by atoms with Crippen LogP contribution in [-0.4, -0.2) is 60.9 Å². The first-order valence-electron chi connectivity index (χ1n) is 9.19. The number of carbonyl (C=O) groups excluding carboxylic acids is 1. The van der Waals surface area contributed by atoms with Crippen molar-refractivity contribution in [2.24, 2.45) is 0 Å². The first-order valence-corrected chi connectivity index (χ1v) is 11.0. The van der Waals surface area contributed by atoms with Gasteiger partial charge in [0.15, 0.2) is 6.10 Å². The summed E-state index contributed by atoms with van der Waals surface area (Å²) in [7, 11) is -3.84. The molecule has 1 heterocycles. The Labute approximate surface area is 175 Å². The van der Waals surface area contributed by atoms with Gasteiger partial charge in [-0.25, -0.2) is 8.42 Å². The van der Waals surface area contributed by atoms with E-state index in [1.807, 2.05) is 0 Å². The average molecular weight is 439 g/mol. The standard InChI is InChI=1S/C20H23ClN2O5S/c1-14-6-7-18(24)19(12-14)29(26,27)23-10-8-22(9-11-23)20(25)15(2)28-17-5-3-4-16(21)13-17/h3-7,12-13,15,24H,8-11H2,1-2H3.